The van der Waals surface area contributed by atoms with Crippen molar-refractivity contribution in [2.75, 3.05) is 0 Å². The van der Waals surface area contributed by atoms with Crippen LogP contribution in [0.5, 0.6) is 0 Å². The van der Waals surface area contributed by atoms with E-state index >= 15 is 0 Å². The minimum absolute atomic E-state index is 0.781. The Morgan fingerprint density at radius 2 is 1.40 bits per heavy atom. The summed E-state index contributed by atoms with van der Waals surface area (Å²) in [5.41, 5.74) is 3.35. The zero-order valence-electron chi connectivity index (χ0n) is 8.48. The zero-order valence-corrected chi connectivity index (χ0v) is 8.48. The summed E-state index contributed by atoms with van der Waals surface area (Å²) in [6.45, 7) is 7.44. The summed E-state index contributed by atoms with van der Waals surface area (Å²) in [5.74, 6) is 0. The molecule has 0 aliphatic heterocycles. The van der Waals surface area contributed by atoms with Crippen molar-refractivity contribution in [2.24, 2.45) is 0 Å². The van der Waals surface area contributed by atoms with Gasteiger partial charge in [-0.25, -0.2) is 9.97 Å². The van der Waals surface area contributed by atoms with Crippen molar-refractivity contribution in [1.82, 2.24) is 9.97 Å². The highest BCUT2D eigenvalue weighted by molar-refractivity contribution is 5.66. The number of nitrogens with zero attached hydrogens (tertiary/aromatic N) is 2. The molecule has 1 heterocycles. The third-order valence-electron chi connectivity index (χ3n) is 2.22. The fraction of sp³-hybridized carbons (Fsp3) is 0.0769. The molecule has 2 nitrogen and oxygen atoms in total. The van der Waals surface area contributed by atoms with E-state index in [1.807, 2.05) is 12.2 Å². The van der Waals surface area contributed by atoms with Crippen molar-refractivity contribution in [3.63, 3.8) is 0 Å². The Bertz CT molecular complexity index is 425. The third kappa shape index (κ3) is 1.79. The van der Waals surface area contributed by atoms with Gasteiger partial charge in [0.1, 0.15) is 0 Å². The first-order valence-electron chi connectivity index (χ1n) is 4.85. The molecule has 1 aliphatic carbocycles. The van der Waals surface area contributed by atoms with Crippen molar-refractivity contribution in [3.8, 4) is 0 Å². The number of aromatic nitrogens is 2. The zero-order chi connectivity index (χ0) is 10.7. The molecule has 2 heteroatoms. The number of hydrogen-bond donors (Lipinski definition) is 0. The topological polar surface area (TPSA) is 25.8 Å². The van der Waals surface area contributed by atoms with E-state index in [0.29, 0.717) is 0 Å². The number of hydrogen-bond acceptors (Lipinski definition) is 2. The Labute approximate surface area is 89.4 Å². The van der Waals surface area contributed by atoms with E-state index in [1.165, 1.54) is 0 Å². The Kier molecular flexibility index (Phi) is 2.59. The van der Waals surface area contributed by atoms with Gasteiger partial charge in [0.2, 0.25) is 0 Å². The first kappa shape index (κ1) is 9.59. The van der Waals surface area contributed by atoms with E-state index in [2.05, 4.69) is 35.3 Å². The standard InChI is InChI=1S/C13H12N2/c1-3-10-11(4-2)15-13-9-7-5-6-8-12(13)14-10/h3-4,6-9H,1-2,5H2. The summed E-state index contributed by atoms with van der Waals surface area (Å²) in [7, 11) is 0. The van der Waals surface area contributed by atoms with Crippen LogP contribution in [-0.2, 0) is 0 Å². The number of fused-ring (bicyclic) bond motifs is 1. The molecule has 0 spiro atoms. The second-order valence-electron chi connectivity index (χ2n) is 3.21. The summed E-state index contributed by atoms with van der Waals surface area (Å²) >= 11 is 0. The molecule has 0 fully saturated rings. The van der Waals surface area contributed by atoms with Gasteiger partial charge in [0, 0.05) is 0 Å². The maximum atomic E-state index is 4.47. The van der Waals surface area contributed by atoms with Crippen LogP contribution in [0.3, 0.4) is 0 Å². The third-order valence-corrected chi connectivity index (χ3v) is 2.22. The maximum Gasteiger partial charge on any atom is 0.0891 e. The van der Waals surface area contributed by atoms with Crippen molar-refractivity contribution < 1.29 is 0 Å². The van der Waals surface area contributed by atoms with Gasteiger partial charge in [0.15, 0.2) is 0 Å². The molecule has 0 amide bonds. The van der Waals surface area contributed by atoms with E-state index in [1.54, 1.807) is 12.2 Å². The first-order chi connectivity index (χ1) is 7.35. The Morgan fingerprint density at radius 1 is 0.933 bits per heavy atom. The molecule has 1 aromatic heterocycles. The van der Waals surface area contributed by atoms with Crippen LogP contribution in [0.4, 0.5) is 0 Å². The first-order valence-corrected chi connectivity index (χ1v) is 4.85. The molecular weight excluding hydrogens is 184 g/mol. The number of rotatable bonds is 2. The van der Waals surface area contributed by atoms with Gasteiger partial charge in [-0.2, -0.15) is 0 Å². The largest absolute Gasteiger partial charge is 0.245 e. The highest BCUT2D eigenvalue weighted by Crippen LogP contribution is 2.17. The normalized spacial score (nSPS) is 13.1. The van der Waals surface area contributed by atoms with E-state index in [9.17, 15) is 0 Å². The lowest BCUT2D eigenvalue weighted by Gasteiger charge is -2.04. The van der Waals surface area contributed by atoms with Gasteiger partial charge >= 0.3 is 0 Å². The van der Waals surface area contributed by atoms with Crippen LogP contribution in [0.15, 0.2) is 25.3 Å². The van der Waals surface area contributed by atoms with Crippen LogP contribution < -0.4 is 0 Å². The quantitative estimate of drug-likeness (QED) is 0.726. The molecule has 74 valence electrons. The minimum Gasteiger partial charge on any atom is -0.245 e. The van der Waals surface area contributed by atoms with Crippen molar-refractivity contribution >= 4 is 24.3 Å². The van der Waals surface area contributed by atoms with Gasteiger partial charge in [0.25, 0.3) is 0 Å². The smallest absolute Gasteiger partial charge is 0.0891 e. The van der Waals surface area contributed by atoms with Gasteiger partial charge in [-0.05, 0) is 30.7 Å². The van der Waals surface area contributed by atoms with Crippen LogP contribution in [0.1, 0.15) is 29.2 Å². The molecule has 0 saturated carbocycles. The van der Waals surface area contributed by atoms with E-state index in [-0.39, 0.29) is 0 Å². The van der Waals surface area contributed by atoms with E-state index in [0.717, 1.165) is 29.2 Å². The molecule has 0 aromatic carbocycles. The summed E-state index contributed by atoms with van der Waals surface area (Å²) in [4.78, 5) is 8.95. The van der Waals surface area contributed by atoms with Gasteiger partial charge in [-0.3, -0.25) is 0 Å². The summed E-state index contributed by atoms with van der Waals surface area (Å²) in [6, 6.07) is 0. The average Bonchev–Trinajstić information content (AvgIpc) is 2.51. The van der Waals surface area contributed by atoms with Crippen LogP contribution in [0.25, 0.3) is 24.3 Å². The van der Waals surface area contributed by atoms with Crippen molar-refractivity contribution in [3.05, 3.63) is 48.1 Å². The van der Waals surface area contributed by atoms with Crippen LogP contribution in [-0.4, -0.2) is 9.97 Å². The fourth-order valence-electron chi connectivity index (χ4n) is 1.47. The molecule has 1 aliphatic rings. The lowest BCUT2D eigenvalue weighted by molar-refractivity contribution is 1.12. The Balaban J connectivity index is 2.66. The second kappa shape index (κ2) is 4.05. The highest BCUT2D eigenvalue weighted by atomic mass is 14.8. The van der Waals surface area contributed by atoms with E-state index in [4.69, 9.17) is 0 Å². The van der Waals surface area contributed by atoms with Gasteiger partial charge in [-0.15, -0.1) is 0 Å². The lowest BCUT2D eigenvalue weighted by atomic mass is 10.2. The molecule has 15 heavy (non-hydrogen) atoms. The molecule has 0 N–H and O–H groups in total. The summed E-state index contributed by atoms with van der Waals surface area (Å²) in [6.07, 6.45) is 12.4. The Morgan fingerprint density at radius 3 is 1.80 bits per heavy atom. The van der Waals surface area contributed by atoms with Gasteiger partial charge in [0.05, 0.1) is 22.8 Å². The molecule has 0 radical (unpaired) electrons. The van der Waals surface area contributed by atoms with Crippen molar-refractivity contribution in [1.29, 1.82) is 0 Å². The van der Waals surface area contributed by atoms with Gasteiger partial charge in [-0.1, -0.05) is 25.3 Å². The van der Waals surface area contributed by atoms with Crippen LogP contribution >= 0.6 is 0 Å². The predicted molar refractivity (Wildman–Crippen MR) is 64.9 cm³/mol. The summed E-state index contributed by atoms with van der Waals surface area (Å²) in [5, 5.41) is 0. The molecular formula is C13H12N2. The predicted octanol–water partition coefficient (Wildman–Crippen LogP) is 3.19. The van der Waals surface area contributed by atoms with Crippen molar-refractivity contribution in [2.45, 2.75) is 6.42 Å². The SMILES string of the molecule is C=Cc1nc2c(nc1C=C)C=CCC=C2. The number of allylic oxidation sites excluding steroid dienone is 2. The summed E-state index contributed by atoms with van der Waals surface area (Å²) < 4.78 is 0. The molecule has 0 atom stereocenters. The molecule has 0 unspecified atom stereocenters. The minimum atomic E-state index is 0.781. The highest BCUT2D eigenvalue weighted by Gasteiger charge is 2.06. The van der Waals surface area contributed by atoms with Gasteiger partial charge < -0.3 is 0 Å². The molecule has 1 aromatic rings. The Hall–Kier alpha value is -1.96. The molecule has 0 bridgehead atoms. The fourth-order valence-corrected chi connectivity index (χ4v) is 1.47. The average molecular weight is 196 g/mol. The van der Waals surface area contributed by atoms with Crippen LogP contribution in [0.2, 0.25) is 0 Å². The second-order valence-corrected chi connectivity index (χ2v) is 3.21. The van der Waals surface area contributed by atoms with E-state index < -0.39 is 0 Å². The lowest BCUT2D eigenvalue weighted by Crippen LogP contribution is -1.98. The molecule has 2 rings (SSSR count). The molecule has 0 saturated heterocycles. The monoisotopic (exact) mass is 196 g/mol. The maximum absolute atomic E-state index is 4.47. The van der Waals surface area contributed by atoms with Crippen LogP contribution in [0, 0.1) is 0 Å².